The predicted octanol–water partition coefficient (Wildman–Crippen LogP) is 3.66. The van der Waals surface area contributed by atoms with Crippen molar-refractivity contribution in [3.05, 3.63) is 22.7 Å². The SMILES string of the molecule is CCC(N)Cc1cc(Cl)cc(OC)c1OCC(C)C. The first kappa shape index (κ1) is 16.1. The molecular formula is C15H24ClNO2. The summed E-state index contributed by atoms with van der Waals surface area (Å²) >= 11 is 6.11. The van der Waals surface area contributed by atoms with Crippen LogP contribution in [0.15, 0.2) is 12.1 Å². The third-order valence-corrected chi connectivity index (χ3v) is 3.10. The predicted molar refractivity (Wildman–Crippen MR) is 80.3 cm³/mol. The van der Waals surface area contributed by atoms with E-state index in [4.69, 9.17) is 26.8 Å². The minimum atomic E-state index is 0.101. The van der Waals surface area contributed by atoms with Gasteiger partial charge in [-0.1, -0.05) is 32.4 Å². The smallest absolute Gasteiger partial charge is 0.164 e. The van der Waals surface area contributed by atoms with E-state index >= 15 is 0 Å². The van der Waals surface area contributed by atoms with E-state index in [1.165, 1.54) is 0 Å². The number of hydrogen-bond acceptors (Lipinski definition) is 3. The topological polar surface area (TPSA) is 44.5 Å². The molecule has 0 aliphatic heterocycles. The molecule has 1 rings (SSSR count). The normalized spacial score (nSPS) is 12.6. The lowest BCUT2D eigenvalue weighted by atomic mass is 10.0. The van der Waals surface area contributed by atoms with Crippen molar-refractivity contribution in [2.24, 2.45) is 11.7 Å². The number of hydrogen-bond donors (Lipinski definition) is 1. The first-order valence-electron chi connectivity index (χ1n) is 6.72. The van der Waals surface area contributed by atoms with Crippen molar-refractivity contribution in [3.63, 3.8) is 0 Å². The van der Waals surface area contributed by atoms with Crippen LogP contribution in [0.1, 0.15) is 32.8 Å². The highest BCUT2D eigenvalue weighted by Crippen LogP contribution is 2.35. The molecule has 0 spiro atoms. The molecule has 0 aliphatic carbocycles. The highest BCUT2D eigenvalue weighted by Gasteiger charge is 2.15. The zero-order chi connectivity index (χ0) is 14.4. The van der Waals surface area contributed by atoms with Gasteiger partial charge >= 0.3 is 0 Å². The Labute approximate surface area is 121 Å². The number of methoxy groups -OCH3 is 1. The standard InChI is InChI=1S/C15H24ClNO2/c1-5-13(17)7-11-6-12(16)8-14(18-4)15(11)19-9-10(2)3/h6,8,10,13H,5,7,9,17H2,1-4H3. The Morgan fingerprint density at radius 2 is 2.00 bits per heavy atom. The van der Waals surface area contributed by atoms with Gasteiger partial charge in [-0.3, -0.25) is 0 Å². The van der Waals surface area contributed by atoms with E-state index in [0.29, 0.717) is 23.3 Å². The highest BCUT2D eigenvalue weighted by molar-refractivity contribution is 6.30. The second-order valence-electron chi connectivity index (χ2n) is 5.17. The van der Waals surface area contributed by atoms with Gasteiger partial charge in [-0.05, 0) is 24.8 Å². The Morgan fingerprint density at radius 3 is 2.53 bits per heavy atom. The summed E-state index contributed by atoms with van der Waals surface area (Å²) in [6.07, 6.45) is 1.65. The molecule has 1 aromatic carbocycles. The third-order valence-electron chi connectivity index (χ3n) is 2.88. The first-order chi connectivity index (χ1) is 8.97. The van der Waals surface area contributed by atoms with Crippen molar-refractivity contribution >= 4 is 11.6 Å². The third kappa shape index (κ3) is 4.92. The number of benzene rings is 1. The van der Waals surface area contributed by atoms with Crippen molar-refractivity contribution in [3.8, 4) is 11.5 Å². The van der Waals surface area contributed by atoms with Gasteiger partial charge in [-0.15, -0.1) is 0 Å². The van der Waals surface area contributed by atoms with Gasteiger partial charge in [0, 0.05) is 22.7 Å². The molecule has 3 nitrogen and oxygen atoms in total. The lowest BCUT2D eigenvalue weighted by molar-refractivity contribution is 0.254. The number of nitrogens with two attached hydrogens (primary N) is 1. The van der Waals surface area contributed by atoms with Crippen molar-refractivity contribution in [1.82, 2.24) is 0 Å². The van der Waals surface area contributed by atoms with E-state index in [0.717, 1.165) is 24.2 Å². The van der Waals surface area contributed by atoms with Crippen LogP contribution in [0.25, 0.3) is 0 Å². The van der Waals surface area contributed by atoms with Gasteiger partial charge in [0.15, 0.2) is 11.5 Å². The maximum absolute atomic E-state index is 6.11. The fourth-order valence-electron chi connectivity index (χ4n) is 1.77. The number of halogens is 1. The van der Waals surface area contributed by atoms with Gasteiger partial charge in [0.25, 0.3) is 0 Å². The summed E-state index contributed by atoms with van der Waals surface area (Å²) in [4.78, 5) is 0. The molecule has 0 saturated carbocycles. The Balaban J connectivity index is 3.06. The fourth-order valence-corrected chi connectivity index (χ4v) is 2.00. The van der Waals surface area contributed by atoms with Crippen LogP contribution in [0.4, 0.5) is 0 Å². The van der Waals surface area contributed by atoms with E-state index in [-0.39, 0.29) is 6.04 Å². The summed E-state index contributed by atoms with van der Waals surface area (Å²) in [5.41, 5.74) is 7.05. The van der Waals surface area contributed by atoms with Gasteiger partial charge in [0.2, 0.25) is 0 Å². The molecule has 0 bridgehead atoms. The second-order valence-corrected chi connectivity index (χ2v) is 5.61. The molecule has 0 saturated heterocycles. The van der Waals surface area contributed by atoms with Crippen molar-refractivity contribution in [2.75, 3.05) is 13.7 Å². The van der Waals surface area contributed by atoms with E-state index in [1.807, 2.05) is 6.07 Å². The molecule has 0 aromatic heterocycles. The van der Waals surface area contributed by atoms with Crippen LogP contribution in [0.2, 0.25) is 5.02 Å². The molecule has 1 unspecified atom stereocenters. The van der Waals surface area contributed by atoms with Crippen LogP contribution in [0.3, 0.4) is 0 Å². The van der Waals surface area contributed by atoms with E-state index in [9.17, 15) is 0 Å². The Hall–Kier alpha value is -0.930. The van der Waals surface area contributed by atoms with Gasteiger partial charge in [-0.25, -0.2) is 0 Å². The average Bonchev–Trinajstić information content (AvgIpc) is 2.36. The monoisotopic (exact) mass is 285 g/mol. The quantitative estimate of drug-likeness (QED) is 0.831. The molecule has 0 heterocycles. The van der Waals surface area contributed by atoms with Crippen molar-refractivity contribution in [2.45, 2.75) is 39.7 Å². The Bertz CT molecular complexity index is 407. The highest BCUT2D eigenvalue weighted by atomic mass is 35.5. The van der Waals surface area contributed by atoms with Crippen LogP contribution in [-0.4, -0.2) is 19.8 Å². The summed E-state index contributed by atoms with van der Waals surface area (Å²) in [7, 11) is 1.62. The van der Waals surface area contributed by atoms with Gasteiger partial charge in [-0.2, -0.15) is 0 Å². The summed E-state index contributed by atoms with van der Waals surface area (Å²) < 4.78 is 11.2. The fraction of sp³-hybridized carbons (Fsp3) is 0.600. The molecule has 19 heavy (non-hydrogen) atoms. The van der Waals surface area contributed by atoms with Crippen LogP contribution in [0.5, 0.6) is 11.5 Å². The molecular weight excluding hydrogens is 262 g/mol. The lowest BCUT2D eigenvalue weighted by Crippen LogP contribution is -2.22. The molecule has 1 aromatic rings. The van der Waals surface area contributed by atoms with Crippen LogP contribution in [-0.2, 0) is 6.42 Å². The Morgan fingerprint density at radius 1 is 1.32 bits per heavy atom. The van der Waals surface area contributed by atoms with Gasteiger partial charge < -0.3 is 15.2 Å². The molecule has 1 atom stereocenters. The zero-order valence-electron chi connectivity index (χ0n) is 12.2. The second kappa shape index (κ2) is 7.61. The Kier molecular flexibility index (Phi) is 6.46. The summed E-state index contributed by atoms with van der Waals surface area (Å²) in [6.45, 7) is 6.94. The van der Waals surface area contributed by atoms with Crippen molar-refractivity contribution < 1.29 is 9.47 Å². The van der Waals surface area contributed by atoms with Crippen LogP contribution < -0.4 is 15.2 Å². The summed E-state index contributed by atoms with van der Waals surface area (Å²) in [5, 5.41) is 0.645. The van der Waals surface area contributed by atoms with Crippen molar-refractivity contribution in [1.29, 1.82) is 0 Å². The molecule has 0 fully saturated rings. The largest absolute Gasteiger partial charge is 0.493 e. The van der Waals surface area contributed by atoms with Gasteiger partial charge in [0.05, 0.1) is 13.7 Å². The first-order valence-corrected chi connectivity index (χ1v) is 7.10. The molecule has 0 radical (unpaired) electrons. The van der Waals surface area contributed by atoms with E-state index in [2.05, 4.69) is 20.8 Å². The number of ether oxygens (including phenoxy) is 2. The molecule has 4 heteroatoms. The average molecular weight is 286 g/mol. The molecule has 2 N–H and O–H groups in total. The molecule has 108 valence electrons. The van der Waals surface area contributed by atoms with Gasteiger partial charge in [0.1, 0.15) is 0 Å². The van der Waals surface area contributed by atoms with E-state index in [1.54, 1.807) is 13.2 Å². The summed E-state index contributed by atoms with van der Waals surface area (Å²) in [6, 6.07) is 3.79. The minimum Gasteiger partial charge on any atom is -0.493 e. The maximum atomic E-state index is 6.11. The maximum Gasteiger partial charge on any atom is 0.164 e. The van der Waals surface area contributed by atoms with E-state index < -0.39 is 0 Å². The molecule has 0 aliphatic rings. The summed E-state index contributed by atoms with van der Waals surface area (Å²) in [5.74, 6) is 1.89. The van der Waals surface area contributed by atoms with Crippen LogP contribution >= 0.6 is 11.6 Å². The minimum absolute atomic E-state index is 0.101. The lowest BCUT2D eigenvalue weighted by Gasteiger charge is -2.18. The number of rotatable bonds is 7. The molecule has 0 amide bonds. The zero-order valence-corrected chi connectivity index (χ0v) is 13.0. The van der Waals surface area contributed by atoms with Crippen LogP contribution in [0, 0.1) is 5.92 Å².